The number of rotatable bonds is 10. The van der Waals surface area contributed by atoms with Crippen molar-refractivity contribution in [2.24, 2.45) is 5.10 Å². The van der Waals surface area contributed by atoms with Crippen LogP contribution >= 0.6 is 0 Å². The van der Waals surface area contributed by atoms with E-state index in [1.807, 2.05) is 54.6 Å². The molecule has 0 heterocycles. The number of carbonyl (C=O) groups is 2. The van der Waals surface area contributed by atoms with E-state index < -0.39 is 0 Å². The molecule has 0 aromatic heterocycles. The topological polar surface area (TPSA) is 89.0 Å². The van der Waals surface area contributed by atoms with Gasteiger partial charge in [-0.15, -0.1) is 0 Å². The summed E-state index contributed by atoms with van der Waals surface area (Å²) in [5.41, 5.74) is 4.88. The van der Waals surface area contributed by atoms with Crippen molar-refractivity contribution in [2.45, 2.75) is 19.4 Å². The highest BCUT2D eigenvalue weighted by atomic mass is 16.5. The summed E-state index contributed by atoms with van der Waals surface area (Å²) in [5.74, 6) is 0.753. The summed E-state index contributed by atoms with van der Waals surface area (Å²) in [6.07, 6.45) is 1.59. The Morgan fingerprint density at radius 3 is 2.31 bits per heavy atom. The third kappa shape index (κ3) is 7.28. The van der Waals surface area contributed by atoms with E-state index in [-0.39, 0.29) is 24.7 Å². The Labute approximate surface area is 187 Å². The molecule has 0 saturated heterocycles. The van der Waals surface area contributed by atoms with E-state index >= 15 is 0 Å². The maximum atomic E-state index is 12.0. The summed E-state index contributed by atoms with van der Waals surface area (Å²) in [6, 6.07) is 24.2. The van der Waals surface area contributed by atoms with Gasteiger partial charge in [-0.25, -0.2) is 5.43 Å². The lowest BCUT2D eigenvalue weighted by Crippen LogP contribution is -2.20. The molecular weight excluding hydrogens is 406 g/mol. The fourth-order valence-corrected chi connectivity index (χ4v) is 2.81. The van der Waals surface area contributed by atoms with Crippen LogP contribution in [0.1, 0.15) is 24.0 Å². The van der Waals surface area contributed by atoms with Gasteiger partial charge in [0, 0.05) is 24.1 Å². The lowest BCUT2D eigenvalue weighted by atomic mass is 10.2. The van der Waals surface area contributed by atoms with Gasteiger partial charge in [0.1, 0.15) is 18.1 Å². The van der Waals surface area contributed by atoms with E-state index in [0.29, 0.717) is 23.8 Å². The number of amides is 2. The van der Waals surface area contributed by atoms with E-state index in [4.69, 9.17) is 9.47 Å². The highest BCUT2D eigenvalue weighted by molar-refractivity contribution is 5.93. The maximum absolute atomic E-state index is 12.0. The Hall–Kier alpha value is -4.13. The third-order valence-corrected chi connectivity index (χ3v) is 4.50. The molecule has 0 aliphatic heterocycles. The Balaban J connectivity index is 1.44. The number of nitrogens with one attached hydrogen (secondary N) is 2. The van der Waals surface area contributed by atoms with Gasteiger partial charge in [0.2, 0.25) is 11.8 Å². The van der Waals surface area contributed by atoms with Gasteiger partial charge in [0.05, 0.1) is 13.3 Å². The van der Waals surface area contributed by atoms with Crippen molar-refractivity contribution < 1.29 is 19.1 Å². The van der Waals surface area contributed by atoms with E-state index in [9.17, 15) is 9.59 Å². The minimum Gasteiger partial charge on any atom is -0.497 e. The summed E-state index contributed by atoms with van der Waals surface area (Å²) in [4.78, 5) is 24.0. The van der Waals surface area contributed by atoms with E-state index in [2.05, 4.69) is 15.8 Å². The molecular formula is C25H25N3O4. The van der Waals surface area contributed by atoms with Gasteiger partial charge in [-0.1, -0.05) is 42.5 Å². The number of nitrogens with zero attached hydrogens (tertiary/aromatic N) is 1. The van der Waals surface area contributed by atoms with E-state index in [0.717, 1.165) is 11.1 Å². The molecule has 164 valence electrons. The van der Waals surface area contributed by atoms with Gasteiger partial charge in [0.15, 0.2) is 0 Å². The fourth-order valence-electron chi connectivity index (χ4n) is 2.81. The highest BCUT2D eigenvalue weighted by Crippen LogP contribution is 2.18. The van der Waals surface area contributed by atoms with Crippen LogP contribution in [0.5, 0.6) is 11.5 Å². The second kappa shape index (κ2) is 11.9. The summed E-state index contributed by atoms with van der Waals surface area (Å²) in [7, 11) is 1.57. The van der Waals surface area contributed by atoms with Crippen LogP contribution < -0.4 is 20.2 Å². The van der Waals surface area contributed by atoms with Crippen molar-refractivity contribution in [2.75, 3.05) is 12.4 Å². The molecule has 3 aromatic carbocycles. The lowest BCUT2D eigenvalue weighted by Gasteiger charge is -2.09. The van der Waals surface area contributed by atoms with Crippen molar-refractivity contribution in [3.05, 3.63) is 90.0 Å². The zero-order chi connectivity index (χ0) is 22.6. The number of anilines is 1. The Morgan fingerprint density at radius 1 is 0.875 bits per heavy atom. The Kier molecular flexibility index (Phi) is 8.39. The average Bonchev–Trinajstić information content (AvgIpc) is 2.83. The van der Waals surface area contributed by atoms with E-state index in [1.54, 1.807) is 31.4 Å². The number of hydrazone groups is 1. The van der Waals surface area contributed by atoms with Gasteiger partial charge >= 0.3 is 0 Å². The number of benzene rings is 3. The summed E-state index contributed by atoms with van der Waals surface area (Å²) in [6.45, 7) is 0.432. The Morgan fingerprint density at radius 2 is 1.56 bits per heavy atom. The zero-order valence-electron chi connectivity index (χ0n) is 17.8. The molecule has 2 amide bonds. The van der Waals surface area contributed by atoms with Crippen LogP contribution in [0.2, 0.25) is 0 Å². The van der Waals surface area contributed by atoms with Crippen LogP contribution in [-0.2, 0) is 16.2 Å². The standard InChI is InChI=1S/C25H25N3O4/c1-31-22-13-11-21(12-14-22)27-24(29)15-16-25(30)28-26-17-20-9-5-6-10-23(20)32-18-19-7-3-2-4-8-19/h2-14,17H,15-16,18H2,1H3,(H,27,29)(H,28,30)/b26-17+. The van der Waals surface area contributed by atoms with Crippen LogP contribution in [0.25, 0.3) is 0 Å². The van der Waals surface area contributed by atoms with Gasteiger partial charge in [-0.05, 0) is 42.0 Å². The number of para-hydroxylation sites is 1. The van der Waals surface area contributed by atoms with Crippen LogP contribution in [0.4, 0.5) is 5.69 Å². The molecule has 32 heavy (non-hydrogen) atoms. The predicted molar refractivity (Wildman–Crippen MR) is 124 cm³/mol. The molecule has 0 atom stereocenters. The van der Waals surface area contributed by atoms with Crippen molar-refractivity contribution in [1.82, 2.24) is 5.43 Å². The molecule has 0 aliphatic rings. The molecule has 3 rings (SSSR count). The number of methoxy groups -OCH3 is 1. The monoisotopic (exact) mass is 431 g/mol. The number of hydrogen-bond acceptors (Lipinski definition) is 5. The molecule has 7 nitrogen and oxygen atoms in total. The van der Waals surface area contributed by atoms with Gasteiger partial charge in [0.25, 0.3) is 0 Å². The quantitative estimate of drug-likeness (QED) is 0.373. The maximum Gasteiger partial charge on any atom is 0.240 e. The second-order valence-electron chi connectivity index (χ2n) is 6.88. The predicted octanol–water partition coefficient (Wildman–Crippen LogP) is 4.14. The van der Waals surface area contributed by atoms with Crippen LogP contribution in [0.15, 0.2) is 84.0 Å². The number of carbonyl (C=O) groups excluding carboxylic acids is 2. The fraction of sp³-hybridized carbons (Fsp3) is 0.160. The van der Waals surface area contributed by atoms with Crippen LogP contribution in [0, 0.1) is 0 Å². The van der Waals surface area contributed by atoms with Crippen molar-refractivity contribution in [3.8, 4) is 11.5 Å². The first-order chi connectivity index (χ1) is 15.6. The molecule has 3 aromatic rings. The lowest BCUT2D eigenvalue weighted by molar-refractivity contribution is -0.124. The summed E-state index contributed by atoms with van der Waals surface area (Å²) >= 11 is 0. The number of hydrogen-bond donors (Lipinski definition) is 2. The first kappa shape index (κ1) is 22.6. The smallest absolute Gasteiger partial charge is 0.240 e. The molecule has 0 unspecified atom stereocenters. The highest BCUT2D eigenvalue weighted by Gasteiger charge is 2.07. The molecule has 2 N–H and O–H groups in total. The molecule has 0 saturated carbocycles. The normalized spacial score (nSPS) is 10.5. The zero-order valence-corrected chi connectivity index (χ0v) is 17.8. The molecule has 0 spiro atoms. The van der Waals surface area contributed by atoms with Gasteiger partial charge in [-0.2, -0.15) is 5.10 Å². The second-order valence-corrected chi connectivity index (χ2v) is 6.88. The average molecular weight is 431 g/mol. The van der Waals surface area contributed by atoms with Crippen LogP contribution in [-0.4, -0.2) is 25.1 Å². The minimum absolute atomic E-state index is 0.0193. The Bertz CT molecular complexity index is 1050. The van der Waals surface area contributed by atoms with Gasteiger partial charge in [-0.3, -0.25) is 9.59 Å². The molecule has 0 aliphatic carbocycles. The SMILES string of the molecule is COc1ccc(NC(=O)CCC(=O)N/N=C/c2ccccc2OCc2ccccc2)cc1. The molecule has 7 heteroatoms. The summed E-state index contributed by atoms with van der Waals surface area (Å²) in [5, 5.41) is 6.72. The first-order valence-electron chi connectivity index (χ1n) is 10.2. The number of ether oxygens (including phenoxy) is 2. The molecule has 0 fully saturated rings. The van der Waals surface area contributed by atoms with E-state index in [1.165, 1.54) is 6.21 Å². The van der Waals surface area contributed by atoms with Crippen molar-refractivity contribution >= 4 is 23.7 Å². The van der Waals surface area contributed by atoms with Crippen molar-refractivity contribution in [3.63, 3.8) is 0 Å². The first-order valence-corrected chi connectivity index (χ1v) is 10.2. The third-order valence-electron chi connectivity index (χ3n) is 4.50. The molecule has 0 bridgehead atoms. The summed E-state index contributed by atoms with van der Waals surface area (Å²) < 4.78 is 10.9. The largest absolute Gasteiger partial charge is 0.497 e. The van der Waals surface area contributed by atoms with Crippen LogP contribution in [0.3, 0.4) is 0 Å². The van der Waals surface area contributed by atoms with Crippen molar-refractivity contribution in [1.29, 1.82) is 0 Å². The van der Waals surface area contributed by atoms with Gasteiger partial charge < -0.3 is 14.8 Å². The minimum atomic E-state index is -0.353. The molecule has 0 radical (unpaired) electrons.